The number of hydrogen-bond donors (Lipinski definition) is 1. The van der Waals surface area contributed by atoms with Gasteiger partial charge in [0.1, 0.15) is 4.90 Å². The Balaban J connectivity index is 3.47. The number of aliphatic hydroxyl groups is 1. The lowest BCUT2D eigenvalue weighted by Gasteiger charge is -2.22. The van der Waals surface area contributed by atoms with Crippen LogP contribution in [-0.4, -0.2) is 26.2 Å². The number of hydrogen-bond acceptors (Lipinski definition) is 4. The number of aliphatic hydroxyl groups excluding tert-OH is 1. The van der Waals surface area contributed by atoms with Crippen LogP contribution in [0.1, 0.15) is 82.4 Å². The molecule has 1 N–H and O–H groups in total. The second-order valence-electron chi connectivity index (χ2n) is 7.41. The van der Waals surface area contributed by atoms with Crippen LogP contribution >= 0.6 is 0 Å². The van der Waals surface area contributed by atoms with Gasteiger partial charge in [-0.15, -0.1) is 6.58 Å². The minimum absolute atomic E-state index is 0.0441. The van der Waals surface area contributed by atoms with Crippen molar-refractivity contribution in [2.75, 3.05) is 6.61 Å². The Morgan fingerprint density at radius 3 is 1.88 bits per heavy atom. The van der Waals surface area contributed by atoms with Crippen molar-refractivity contribution in [1.29, 1.82) is 0 Å². The van der Waals surface area contributed by atoms with Crippen molar-refractivity contribution in [3.05, 3.63) is 41.5 Å². The normalized spacial score (nSPS) is 13.7. The highest BCUT2D eigenvalue weighted by Crippen LogP contribution is 2.35. The van der Waals surface area contributed by atoms with Crippen LogP contribution in [0.2, 0.25) is 0 Å². The first kappa shape index (κ1) is 21.9. The van der Waals surface area contributed by atoms with Crippen LogP contribution in [0, 0.1) is 0 Å². The molecule has 0 aromatic heterocycles. The zero-order chi connectivity index (χ0) is 19.4. The summed E-state index contributed by atoms with van der Waals surface area (Å²) in [6.07, 6.45) is 0.944. The van der Waals surface area contributed by atoms with Gasteiger partial charge in [-0.2, -0.15) is 8.42 Å². The van der Waals surface area contributed by atoms with Crippen LogP contribution in [0.3, 0.4) is 0 Å². The molecule has 1 atom stereocenters. The molecule has 25 heavy (non-hydrogen) atoms. The minimum atomic E-state index is -3.96. The summed E-state index contributed by atoms with van der Waals surface area (Å²) in [4.78, 5) is 0.257. The second kappa shape index (κ2) is 8.97. The van der Waals surface area contributed by atoms with Crippen LogP contribution in [-0.2, 0) is 14.3 Å². The fourth-order valence-corrected chi connectivity index (χ4v) is 4.29. The molecular weight excluding hydrogens is 336 g/mol. The standard InChI is InChI=1S/C20H32O4S/c1-8-9-17(21)12-24-25(22,23)20-18(14(4)5)10-16(13(2)3)11-19(20)15(6)7/h8,10-11,13-15,17,21H,1,9,12H2,2-7H3/t17-/m0/s1. The summed E-state index contributed by atoms with van der Waals surface area (Å²) >= 11 is 0. The average molecular weight is 369 g/mol. The van der Waals surface area contributed by atoms with Crippen molar-refractivity contribution in [2.45, 2.75) is 76.7 Å². The van der Waals surface area contributed by atoms with Crippen molar-refractivity contribution < 1.29 is 17.7 Å². The molecule has 0 saturated carbocycles. The van der Waals surface area contributed by atoms with E-state index in [2.05, 4.69) is 20.4 Å². The summed E-state index contributed by atoms with van der Waals surface area (Å²) in [6.45, 7) is 15.4. The van der Waals surface area contributed by atoms with Gasteiger partial charge in [0, 0.05) is 0 Å². The van der Waals surface area contributed by atoms with Gasteiger partial charge in [0.15, 0.2) is 0 Å². The van der Waals surface area contributed by atoms with Crippen LogP contribution in [0.15, 0.2) is 29.7 Å². The lowest BCUT2D eigenvalue weighted by Crippen LogP contribution is -2.21. The largest absolute Gasteiger partial charge is 0.390 e. The molecule has 0 radical (unpaired) electrons. The summed E-state index contributed by atoms with van der Waals surface area (Å²) in [7, 11) is -3.96. The minimum Gasteiger partial charge on any atom is -0.390 e. The molecule has 1 aromatic carbocycles. The zero-order valence-corrected chi connectivity index (χ0v) is 17.1. The van der Waals surface area contributed by atoms with E-state index in [-0.39, 0.29) is 29.8 Å². The highest BCUT2D eigenvalue weighted by atomic mass is 32.2. The van der Waals surface area contributed by atoms with Crippen molar-refractivity contribution in [3.8, 4) is 0 Å². The lowest BCUT2D eigenvalue weighted by molar-refractivity contribution is 0.113. The maximum Gasteiger partial charge on any atom is 0.297 e. The highest BCUT2D eigenvalue weighted by Gasteiger charge is 2.28. The third-order valence-corrected chi connectivity index (χ3v) is 5.60. The molecule has 5 heteroatoms. The molecular formula is C20H32O4S. The van der Waals surface area contributed by atoms with E-state index in [0.717, 1.165) is 16.7 Å². The molecule has 4 nitrogen and oxygen atoms in total. The van der Waals surface area contributed by atoms with E-state index in [0.29, 0.717) is 5.92 Å². The van der Waals surface area contributed by atoms with E-state index in [1.54, 1.807) is 0 Å². The summed E-state index contributed by atoms with van der Waals surface area (Å²) < 4.78 is 31.0. The summed E-state index contributed by atoms with van der Waals surface area (Å²) in [5, 5.41) is 9.77. The monoisotopic (exact) mass is 368 g/mol. The first-order valence-electron chi connectivity index (χ1n) is 8.87. The van der Waals surface area contributed by atoms with Crippen LogP contribution in [0.25, 0.3) is 0 Å². The SMILES string of the molecule is C=CC[C@H](O)COS(=O)(=O)c1c(C(C)C)cc(C(C)C)cc1C(C)C. The molecule has 0 saturated heterocycles. The zero-order valence-electron chi connectivity index (χ0n) is 16.2. The Kier molecular flexibility index (Phi) is 7.85. The highest BCUT2D eigenvalue weighted by molar-refractivity contribution is 7.86. The van der Waals surface area contributed by atoms with E-state index >= 15 is 0 Å². The summed E-state index contributed by atoms with van der Waals surface area (Å²) in [5.74, 6) is 0.396. The molecule has 0 unspecified atom stereocenters. The molecule has 0 aliphatic heterocycles. The van der Waals surface area contributed by atoms with E-state index in [9.17, 15) is 13.5 Å². The van der Waals surface area contributed by atoms with Gasteiger partial charge in [0.2, 0.25) is 0 Å². The predicted octanol–water partition coefficient (Wildman–Crippen LogP) is 4.70. The molecule has 0 aliphatic rings. The van der Waals surface area contributed by atoms with Crippen molar-refractivity contribution in [2.24, 2.45) is 0 Å². The maximum atomic E-state index is 12.9. The van der Waals surface area contributed by atoms with Gasteiger partial charge in [-0.25, -0.2) is 0 Å². The van der Waals surface area contributed by atoms with E-state index < -0.39 is 16.2 Å². The fourth-order valence-electron chi connectivity index (χ4n) is 2.67. The quantitative estimate of drug-likeness (QED) is 0.507. The van der Waals surface area contributed by atoms with E-state index in [1.807, 2.05) is 39.8 Å². The van der Waals surface area contributed by atoms with E-state index in [4.69, 9.17) is 4.18 Å². The molecule has 142 valence electrons. The second-order valence-corrected chi connectivity index (χ2v) is 8.96. The molecule has 1 rings (SSSR count). The molecule has 0 bridgehead atoms. The first-order valence-corrected chi connectivity index (χ1v) is 10.3. The van der Waals surface area contributed by atoms with Crippen LogP contribution in [0.5, 0.6) is 0 Å². The van der Waals surface area contributed by atoms with Gasteiger partial charge in [0.25, 0.3) is 10.1 Å². The van der Waals surface area contributed by atoms with Gasteiger partial charge >= 0.3 is 0 Å². The van der Waals surface area contributed by atoms with Gasteiger partial charge in [0.05, 0.1) is 12.7 Å². The first-order chi connectivity index (χ1) is 11.5. The molecule has 0 heterocycles. The van der Waals surface area contributed by atoms with Crippen LogP contribution < -0.4 is 0 Å². The van der Waals surface area contributed by atoms with Crippen LogP contribution in [0.4, 0.5) is 0 Å². The molecule has 1 aromatic rings. The van der Waals surface area contributed by atoms with Gasteiger partial charge in [-0.05, 0) is 40.9 Å². The van der Waals surface area contributed by atoms with Crippen molar-refractivity contribution in [3.63, 3.8) is 0 Å². The number of rotatable bonds is 9. The molecule has 0 fully saturated rings. The average Bonchev–Trinajstić information content (AvgIpc) is 2.51. The molecule has 0 amide bonds. The Hall–Kier alpha value is -1.17. The third kappa shape index (κ3) is 5.66. The number of benzene rings is 1. The summed E-state index contributed by atoms with van der Waals surface area (Å²) in [5.41, 5.74) is 2.67. The van der Waals surface area contributed by atoms with Gasteiger partial charge < -0.3 is 5.11 Å². The third-order valence-electron chi connectivity index (χ3n) is 4.18. The lowest BCUT2D eigenvalue weighted by atomic mass is 9.89. The Bertz CT molecular complexity index is 659. The van der Waals surface area contributed by atoms with E-state index in [1.165, 1.54) is 6.08 Å². The van der Waals surface area contributed by atoms with Crippen molar-refractivity contribution >= 4 is 10.1 Å². The van der Waals surface area contributed by atoms with Gasteiger partial charge in [-0.1, -0.05) is 59.8 Å². The Morgan fingerprint density at radius 1 is 1.04 bits per heavy atom. The molecule has 0 spiro atoms. The Labute approximate surface area is 153 Å². The maximum absolute atomic E-state index is 12.9. The molecule has 0 aliphatic carbocycles. The predicted molar refractivity (Wildman–Crippen MR) is 103 cm³/mol. The fraction of sp³-hybridized carbons (Fsp3) is 0.600. The smallest absolute Gasteiger partial charge is 0.297 e. The summed E-state index contributed by atoms with van der Waals surface area (Å²) in [6, 6.07) is 3.94. The topological polar surface area (TPSA) is 63.6 Å². The van der Waals surface area contributed by atoms with Gasteiger partial charge in [-0.3, -0.25) is 4.18 Å². The Morgan fingerprint density at radius 2 is 1.52 bits per heavy atom. The van der Waals surface area contributed by atoms with Crippen molar-refractivity contribution in [1.82, 2.24) is 0 Å².